The van der Waals surface area contributed by atoms with Crippen LogP contribution in [-0.4, -0.2) is 22.3 Å². The maximum Gasteiger partial charge on any atom is 0.297 e. The van der Waals surface area contributed by atoms with E-state index in [2.05, 4.69) is 22.6 Å². The predicted octanol–water partition coefficient (Wildman–Crippen LogP) is 1.21. The Morgan fingerprint density at radius 2 is 2.44 bits per heavy atom. The van der Waals surface area contributed by atoms with E-state index in [0.717, 1.165) is 0 Å². The van der Waals surface area contributed by atoms with Gasteiger partial charge in [-0.1, -0.05) is 0 Å². The smallest absolute Gasteiger partial charge is 0.297 e. The van der Waals surface area contributed by atoms with E-state index in [0.29, 0.717) is 6.54 Å². The molecule has 0 aromatic carbocycles. The molecule has 0 bridgehead atoms. The number of nitrogens with zero attached hydrogens (tertiary/aromatic N) is 3. The van der Waals surface area contributed by atoms with Crippen LogP contribution < -0.4 is 0 Å². The van der Waals surface area contributed by atoms with Gasteiger partial charge in [0.05, 0.1) is 0 Å². The molecule has 0 aromatic heterocycles. The molecular weight excluding hydrogens is 162 g/mol. The summed E-state index contributed by atoms with van der Waals surface area (Å²) < 4.78 is -1.19. The first-order valence-corrected chi connectivity index (χ1v) is 3.12. The Hall–Kier alpha value is -0.100. The second kappa shape index (κ2) is 2.26. The van der Waals surface area contributed by atoms with E-state index < -0.39 is 4.76 Å². The first-order chi connectivity index (χ1) is 4.15. The Morgan fingerprint density at radius 1 is 1.78 bits per heavy atom. The van der Waals surface area contributed by atoms with E-state index in [-0.39, 0.29) is 11.0 Å². The van der Waals surface area contributed by atoms with Crippen LogP contribution >= 0.6 is 23.8 Å². The summed E-state index contributed by atoms with van der Waals surface area (Å²) in [4.78, 5) is 0. The van der Waals surface area contributed by atoms with Gasteiger partial charge in [-0.05, 0) is 23.8 Å². The van der Waals surface area contributed by atoms with Gasteiger partial charge in [-0.2, -0.15) is 4.76 Å². The van der Waals surface area contributed by atoms with E-state index in [4.69, 9.17) is 11.6 Å². The quantitative estimate of drug-likeness (QED) is 0.178. The third-order valence-electron chi connectivity index (χ3n) is 0.986. The second-order valence-electron chi connectivity index (χ2n) is 1.63. The lowest BCUT2D eigenvalue weighted by Crippen LogP contribution is -2.36. The zero-order chi connectivity index (χ0) is 6.91. The topological polar surface area (TPSA) is 47.8 Å². The minimum absolute atomic E-state index is 0.198. The first-order valence-electron chi connectivity index (χ1n) is 2.33. The molecule has 0 aliphatic carbocycles. The van der Waals surface area contributed by atoms with Crippen molar-refractivity contribution >= 4 is 28.3 Å². The Morgan fingerprint density at radius 3 is 2.67 bits per heavy atom. The van der Waals surface area contributed by atoms with Crippen molar-refractivity contribution in [3.8, 4) is 0 Å². The monoisotopic (exact) mass is 165 g/mol. The van der Waals surface area contributed by atoms with Crippen LogP contribution in [-0.2, 0) is 0 Å². The fraction of sp³-hybridized carbons (Fsp3) is 0.667. The van der Waals surface area contributed by atoms with Crippen molar-refractivity contribution in [3.63, 3.8) is 0 Å². The van der Waals surface area contributed by atoms with Crippen LogP contribution in [0.2, 0.25) is 0 Å². The summed E-state index contributed by atoms with van der Waals surface area (Å²) >= 11 is 9.70. The Kier molecular flexibility index (Phi) is 1.76. The lowest BCUT2D eigenvalue weighted by atomic mass is 10.6. The fourth-order valence-corrected chi connectivity index (χ4v) is 0.741. The lowest BCUT2D eigenvalue weighted by molar-refractivity contribution is -0.784. The molecule has 0 amide bonds. The van der Waals surface area contributed by atoms with Crippen molar-refractivity contribution in [1.29, 1.82) is 0 Å². The van der Waals surface area contributed by atoms with E-state index in [1.165, 1.54) is 0 Å². The van der Waals surface area contributed by atoms with Gasteiger partial charge in [0.2, 0.25) is 0 Å². The van der Waals surface area contributed by atoms with Crippen molar-refractivity contribution in [2.45, 2.75) is 0 Å². The standard InChI is InChI=1S/C3H4ClN3OS/c4-3(9)7(8)2-1-5-6-7/h1-2H2. The van der Waals surface area contributed by atoms with E-state index in [1.807, 2.05) is 0 Å². The third-order valence-corrected chi connectivity index (χ3v) is 1.53. The van der Waals surface area contributed by atoms with Crippen molar-refractivity contribution < 1.29 is 4.76 Å². The molecule has 1 atom stereocenters. The Labute approximate surface area is 62.3 Å². The average Bonchev–Trinajstić information content (AvgIpc) is 2.16. The SMILES string of the molecule is [O-][N+]1(C(=S)Cl)CCN=N1. The van der Waals surface area contributed by atoms with Gasteiger partial charge < -0.3 is 5.21 Å². The van der Waals surface area contributed by atoms with Crippen molar-refractivity contribution in [2.24, 2.45) is 10.3 Å². The van der Waals surface area contributed by atoms with E-state index in [1.54, 1.807) is 0 Å². The minimum atomic E-state index is -0.989. The number of hydrogen-bond donors (Lipinski definition) is 0. The molecule has 0 saturated heterocycles. The molecule has 1 unspecified atom stereocenters. The molecule has 6 heteroatoms. The van der Waals surface area contributed by atoms with Gasteiger partial charge in [-0.3, -0.25) is 0 Å². The van der Waals surface area contributed by atoms with Crippen LogP contribution in [0.5, 0.6) is 0 Å². The van der Waals surface area contributed by atoms with Gasteiger partial charge in [-0.15, -0.1) is 5.11 Å². The van der Waals surface area contributed by atoms with Crippen LogP contribution in [0.25, 0.3) is 0 Å². The summed E-state index contributed by atoms with van der Waals surface area (Å²) in [6.07, 6.45) is 0. The molecule has 0 spiro atoms. The summed E-state index contributed by atoms with van der Waals surface area (Å²) in [5.41, 5.74) is 0. The van der Waals surface area contributed by atoms with E-state index >= 15 is 0 Å². The normalized spacial score (nSPS) is 33.1. The molecule has 50 valence electrons. The summed E-state index contributed by atoms with van der Waals surface area (Å²) in [6, 6.07) is 0. The molecule has 1 aliphatic rings. The first kappa shape index (κ1) is 7.01. The molecule has 0 saturated carbocycles. The minimum Gasteiger partial charge on any atom is -0.597 e. The summed E-state index contributed by atoms with van der Waals surface area (Å²) in [6.45, 7) is 0.651. The maximum atomic E-state index is 11.0. The molecule has 1 heterocycles. The van der Waals surface area contributed by atoms with Gasteiger partial charge in [0.25, 0.3) is 4.45 Å². The largest absolute Gasteiger partial charge is 0.597 e. The highest BCUT2D eigenvalue weighted by Crippen LogP contribution is 2.16. The van der Waals surface area contributed by atoms with Crippen molar-refractivity contribution in [2.75, 3.05) is 13.1 Å². The fourth-order valence-electron chi connectivity index (χ4n) is 0.495. The summed E-state index contributed by atoms with van der Waals surface area (Å²) in [5, 5.41) is 17.8. The zero-order valence-electron chi connectivity index (χ0n) is 4.45. The molecule has 1 rings (SSSR count). The van der Waals surface area contributed by atoms with Crippen LogP contribution in [0, 0.1) is 5.21 Å². The Balaban J connectivity index is 2.74. The number of thiocarbonyl (C=S) groups is 1. The van der Waals surface area contributed by atoms with Crippen molar-refractivity contribution in [3.05, 3.63) is 5.21 Å². The number of halogens is 1. The molecule has 0 radical (unpaired) electrons. The van der Waals surface area contributed by atoms with Gasteiger partial charge in [-0.25, -0.2) is 0 Å². The van der Waals surface area contributed by atoms with Gasteiger partial charge in [0, 0.05) is 5.22 Å². The average molecular weight is 166 g/mol. The van der Waals surface area contributed by atoms with Gasteiger partial charge in [0.15, 0.2) is 0 Å². The lowest BCUT2D eigenvalue weighted by Gasteiger charge is -2.25. The maximum absolute atomic E-state index is 11.0. The highest BCUT2D eigenvalue weighted by atomic mass is 35.5. The predicted molar refractivity (Wildman–Crippen MR) is 36.7 cm³/mol. The Bertz CT molecular complexity index is 172. The summed E-state index contributed by atoms with van der Waals surface area (Å²) in [5.74, 6) is 0. The second-order valence-corrected chi connectivity index (χ2v) is 2.60. The van der Waals surface area contributed by atoms with Crippen LogP contribution in [0.3, 0.4) is 0 Å². The van der Waals surface area contributed by atoms with E-state index in [9.17, 15) is 5.21 Å². The molecule has 4 nitrogen and oxygen atoms in total. The van der Waals surface area contributed by atoms with Crippen LogP contribution in [0.4, 0.5) is 0 Å². The number of rotatable bonds is 0. The van der Waals surface area contributed by atoms with Gasteiger partial charge in [0.1, 0.15) is 13.1 Å². The molecule has 1 aliphatic heterocycles. The highest BCUT2D eigenvalue weighted by molar-refractivity contribution is 7.82. The number of hydroxylamine groups is 2. The molecular formula is C3H4ClN3OS. The summed E-state index contributed by atoms with van der Waals surface area (Å²) in [7, 11) is 0. The van der Waals surface area contributed by atoms with Gasteiger partial charge >= 0.3 is 0 Å². The zero-order valence-corrected chi connectivity index (χ0v) is 6.02. The molecule has 0 N–H and O–H groups in total. The molecule has 0 aromatic rings. The number of quaternary nitrogens is 1. The van der Waals surface area contributed by atoms with Crippen LogP contribution in [0.1, 0.15) is 0 Å². The van der Waals surface area contributed by atoms with Crippen molar-refractivity contribution in [1.82, 2.24) is 0 Å². The molecule has 0 fully saturated rings. The number of hydrogen-bond acceptors (Lipinski definition) is 4. The third kappa shape index (κ3) is 1.24. The molecule has 9 heavy (non-hydrogen) atoms. The highest BCUT2D eigenvalue weighted by Gasteiger charge is 2.26. The van der Waals surface area contributed by atoms with Crippen LogP contribution in [0.15, 0.2) is 10.3 Å².